The summed E-state index contributed by atoms with van der Waals surface area (Å²) in [7, 11) is 0. The third kappa shape index (κ3) is 2.26. The number of hydrogen-bond acceptors (Lipinski definition) is 1. The van der Waals surface area contributed by atoms with Crippen molar-refractivity contribution >= 4 is 28.3 Å². The first-order valence-electron chi connectivity index (χ1n) is 6.17. The molecule has 0 aliphatic heterocycles. The largest absolute Gasteiger partial charge is 0.478 e. The minimum absolute atomic E-state index is 0.121. The van der Waals surface area contributed by atoms with E-state index < -0.39 is 5.97 Å². The predicted octanol–water partition coefficient (Wildman–Crippen LogP) is 4.86. The van der Waals surface area contributed by atoms with E-state index in [9.17, 15) is 4.79 Å². The second-order valence-corrected chi connectivity index (χ2v) is 4.97. The molecule has 0 unspecified atom stereocenters. The van der Waals surface area contributed by atoms with Gasteiger partial charge in [0.1, 0.15) is 0 Å². The van der Waals surface area contributed by atoms with Gasteiger partial charge in [-0.2, -0.15) is 0 Å². The Balaban J connectivity index is 2.11. The topological polar surface area (TPSA) is 37.3 Å². The van der Waals surface area contributed by atoms with Gasteiger partial charge in [0.25, 0.3) is 0 Å². The van der Waals surface area contributed by atoms with Crippen molar-refractivity contribution in [2.45, 2.75) is 0 Å². The van der Waals surface area contributed by atoms with Gasteiger partial charge in [0.2, 0.25) is 0 Å². The van der Waals surface area contributed by atoms with Crippen LogP contribution < -0.4 is 0 Å². The molecule has 0 aromatic heterocycles. The van der Waals surface area contributed by atoms with Crippen LogP contribution >= 0.6 is 11.6 Å². The lowest BCUT2D eigenvalue weighted by Gasteiger charge is -2.06. The lowest BCUT2D eigenvalue weighted by molar-refractivity contribution is 0.0697. The molecule has 20 heavy (non-hydrogen) atoms. The highest BCUT2D eigenvalue weighted by Gasteiger charge is 2.09. The second-order valence-electron chi connectivity index (χ2n) is 4.56. The molecule has 0 amide bonds. The van der Waals surface area contributed by atoms with Crippen LogP contribution in [0.2, 0.25) is 5.02 Å². The minimum Gasteiger partial charge on any atom is -0.478 e. The average molecular weight is 283 g/mol. The summed E-state index contributed by atoms with van der Waals surface area (Å²) < 4.78 is 0. The number of benzene rings is 3. The summed E-state index contributed by atoms with van der Waals surface area (Å²) in [6.45, 7) is 0. The van der Waals surface area contributed by atoms with Crippen LogP contribution in [0.25, 0.3) is 21.9 Å². The van der Waals surface area contributed by atoms with E-state index in [1.54, 1.807) is 12.1 Å². The third-order valence-corrected chi connectivity index (χ3v) is 3.60. The van der Waals surface area contributed by atoms with Crippen LogP contribution in [0.1, 0.15) is 10.4 Å². The summed E-state index contributed by atoms with van der Waals surface area (Å²) in [6.07, 6.45) is 0. The Labute approximate surface area is 121 Å². The molecule has 98 valence electrons. The Morgan fingerprint density at radius 3 is 2.20 bits per heavy atom. The fourth-order valence-electron chi connectivity index (χ4n) is 2.24. The predicted molar refractivity (Wildman–Crippen MR) is 81.4 cm³/mol. The maximum absolute atomic E-state index is 11.0. The van der Waals surface area contributed by atoms with Gasteiger partial charge < -0.3 is 5.11 Å². The van der Waals surface area contributed by atoms with Gasteiger partial charge >= 0.3 is 5.97 Å². The number of carboxylic acids is 1. The van der Waals surface area contributed by atoms with Crippen molar-refractivity contribution in [1.82, 2.24) is 0 Å². The number of hydrogen-bond donors (Lipinski definition) is 1. The molecule has 1 N–H and O–H groups in total. The summed E-state index contributed by atoms with van der Waals surface area (Å²) in [5.41, 5.74) is 2.05. The maximum Gasteiger partial charge on any atom is 0.337 e. The zero-order chi connectivity index (χ0) is 14.1. The van der Waals surface area contributed by atoms with E-state index in [0.717, 1.165) is 16.5 Å². The second kappa shape index (κ2) is 4.99. The van der Waals surface area contributed by atoms with Crippen molar-refractivity contribution in [3.8, 4) is 11.1 Å². The normalized spacial score (nSPS) is 10.7. The van der Waals surface area contributed by atoms with Gasteiger partial charge in [0.05, 0.1) is 10.6 Å². The number of carbonyl (C=O) groups is 1. The molecule has 0 atom stereocenters. The third-order valence-electron chi connectivity index (χ3n) is 3.28. The molecule has 2 nitrogen and oxygen atoms in total. The van der Waals surface area contributed by atoms with E-state index >= 15 is 0 Å². The van der Waals surface area contributed by atoms with Crippen LogP contribution in [0.5, 0.6) is 0 Å². The molecule has 3 rings (SSSR count). The summed E-state index contributed by atoms with van der Waals surface area (Å²) in [4.78, 5) is 11.0. The van der Waals surface area contributed by atoms with Crippen LogP contribution in [0.4, 0.5) is 0 Å². The standard InChI is InChI=1S/C17H11ClO2/c18-16-10-14(7-8-15(16)17(19)20)13-6-5-11-3-1-2-4-12(11)9-13/h1-10H,(H,19,20). The van der Waals surface area contributed by atoms with Crippen molar-refractivity contribution in [2.75, 3.05) is 0 Å². The van der Waals surface area contributed by atoms with E-state index in [2.05, 4.69) is 12.1 Å². The first-order chi connectivity index (χ1) is 9.65. The zero-order valence-corrected chi connectivity index (χ0v) is 11.3. The first kappa shape index (κ1) is 12.7. The summed E-state index contributed by atoms with van der Waals surface area (Å²) in [5.74, 6) is -1.01. The SMILES string of the molecule is O=C(O)c1ccc(-c2ccc3ccccc3c2)cc1Cl. The zero-order valence-electron chi connectivity index (χ0n) is 10.5. The average Bonchev–Trinajstić information content (AvgIpc) is 2.46. The van der Waals surface area contributed by atoms with E-state index in [4.69, 9.17) is 16.7 Å². The highest BCUT2D eigenvalue weighted by molar-refractivity contribution is 6.33. The van der Waals surface area contributed by atoms with Crippen LogP contribution in [-0.4, -0.2) is 11.1 Å². The number of halogens is 1. The Kier molecular flexibility index (Phi) is 3.17. The van der Waals surface area contributed by atoms with Gasteiger partial charge in [-0.25, -0.2) is 4.79 Å². The fraction of sp³-hybridized carbons (Fsp3) is 0. The van der Waals surface area contributed by atoms with Crippen molar-refractivity contribution in [1.29, 1.82) is 0 Å². The highest BCUT2D eigenvalue weighted by Crippen LogP contribution is 2.28. The van der Waals surface area contributed by atoms with Crippen molar-refractivity contribution in [3.05, 3.63) is 71.2 Å². The minimum atomic E-state index is -1.01. The lowest BCUT2D eigenvalue weighted by Crippen LogP contribution is -1.97. The smallest absolute Gasteiger partial charge is 0.337 e. The molecule has 0 spiro atoms. The molecular formula is C17H11ClO2. The summed E-state index contributed by atoms with van der Waals surface area (Å²) >= 11 is 6.01. The van der Waals surface area contributed by atoms with E-state index in [1.165, 1.54) is 11.5 Å². The van der Waals surface area contributed by atoms with Gasteiger partial charge in [0, 0.05) is 0 Å². The molecule has 0 saturated carbocycles. The summed E-state index contributed by atoms with van der Waals surface area (Å²) in [6, 6.07) is 19.2. The molecule has 0 fully saturated rings. The van der Waals surface area contributed by atoms with Crippen molar-refractivity contribution in [3.63, 3.8) is 0 Å². The van der Waals surface area contributed by atoms with Crippen LogP contribution in [0, 0.1) is 0 Å². The lowest BCUT2D eigenvalue weighted by atomic mass is 10.0. The Morgan fingerprint density at radius 2 is 1.50 bits per heavy atom. The number of carboxylic acid groups (broad SMARTS) is 1. The molecule has 3 heteroatoms. The van der Waals surface area contributed by atoms with Gasteiger partial charge in [-0.1, -0.05) is 54.1 Å². The quantitative estimate of drug-likeness (QED) is 0.729. The molecule has 0 bridgehead atoms. The van der Waals surface area contributed by atoms with Gasteiger partial charge in [-0.05, 0) is 40.1 Å². The van der Waals surface area contributed by atoms with Gasteiger partial charge in [-0.3, -0.25) is 0 Å². The number of aromatic carboxylic acids is 1. The van der Waals surface area contributed by atoms with Crippen LogP contribution in [-0.2, 0) is 0 Å². The number of fused-ring (bicyclic) bond motifs is 1. The fourth-order valence-corrected chi connectivity index (χ4v) is 2.50. The molecule has 0 saturated heterocycles. The molecular weight excluding hydrogens is 272 g/mol. The Bertz CT molecular complexity index is 809. The van der Waals surface area contributed by atoms with E-state index in [-0.39, 0.29) is 10.6 Å². The first-order valence-corrected chi connectivity index (χ1v) is 6.55. The van der Waals surface area contributed by atoms with E-state index in [1.807, 2.05) is 30.3 Å². The van der Waals surface area contributed by atoms with Crippen molar-refractivity contribution < 1.29 is 9.90 Å². The highest BCUT2D eigenvalue weighted by atomic mass is 35.5. The molecule has 3 aromatic carbocycles. The summed E-state index contributed by atoms with van der Waals surface area (Å²) in [5, 5.41) is 11.5. The maximum atomic E-state index is 11.0. The van der Waals surface area contributed by atoms with Gasteiger partial charge in [-0.15, -0.1) is 0 Å². The monoisotopic (exact) mass is 282 g/mol. The van der Waals surface area contributed by atoms with Crippen LogP contribution in [0.15, 0.2) is 60.7 Å². The van der Waals surface area contributed by atoms with Crippen LogP contribution in [0.3, 0.4) is 0 Å². The Morgan fingerprint density at radius 1 is 0.850 bits per heavy atom. The molecule has 0 aliphatic carbocycles. The van der Waals surface area contributed by atoms with Crippen molar-refractivity contribution in [2.24, 2.45) is 0 Å². The van der Waals surface area contributed by atoms with E-state index in [0.29, 0.717) is 0 Å². The molecule has 0 heterocycles. The molecule has 0 aliphatic rings. The molecule has 3 aromatic rings. The Hall–Kier alpha value is -2.32. The molecule has 0 radical (unpaired) electrons. The van der Waals surface area contributed by atoms with Gasteiger partial charge in [0.15, 0.2) is 0 Å². The number of rotatable bonds is 2.